The number of nitrogen functional groups attached to an aromatic ring is 1. The maximum Gasteiger partial charge on any atom is 0.247 e. The van der Waals surface area contributed by atoms with E-state index in [1.165, 1.54) is 0 Å². The Morgan fingerprint density at radius 1 is 1.30 bits per heavy atom. The van der Waals surface area contributed by atoms with Crippen LogP contribution < -0.4 is 5.73 Å². The van der Waals surface area contributed by atoms with Crippen molar-refractivity contribution in [2.24, 2.45) is 0 Å². The van der Waals surface area contributed by atoms with E-state index in [9.17, 15) is 4.79 Å². The van der Waals surface area contributed by atoms with Crippen molar-refractivity contribution in [3.63, 3.8) is 0 Å². The number of rotatable bonds is 3. The van der Waals surface area contributed by atoms with Crippen molar-refractivity contribution in [1.82, 2.24) is 14.9 Å². The molecule has 2 heterocycles. The fourth-order valence-electron chi connectivity index (χ4n) is 2.95. The van der Waals surface area contributed by atoms with Gasteiger partial charge in [0.15, 0.2) is 0 Å². The number of nitrogens with zero attached hydrogens (tertiary/aromatic N) is 3. The van der Waals surface area contributed by atoms with Crippen molar-refractivity contribution >= 4 is 17.8 Å². The second-order valence-electron chi connectivity index (χ2n) is 5.70. The molecule has 1 fully saturated rings. The first-order chi connectivity index (χ1) is 11.1. The summed E-state index contributed by atoms with van der Waals surface area (Å²) in [5, 5.41) is 0. The molecule has 0 saturated carbocycles. The van der Waals surface area contributed by atoms with Crippen LogP contribution in [0.3, 0.4) is 0 Å². The summed E-state index contributed by atoms with van der Waals surface area (Å²) < 4.78 is 0. The Bertz CT molecular complexity index is 707. The first-order valence-corrected chi connectivity index (χ1v) is 7.78. The fourth-order valence-corrected chi connectivity index (χ4v) is 2.95. The third kappa shape index (κ3) is 3.56. The molecule has 0 bridgehead atoms. The minimum Gasteiger partial charge on any atom is -0.384 e. The number of anilines is 1. The van der Waals surface area contributed by atoms with Gasteiger partial charge >= 0.3 is 0 Å². The van der Waals surface area contributed by atoms with Crippen LogP contribution in [0.5, 0.6) is 0 Å². The number of hydrogen-bond acceptors (Lipinski definition) is 4. The highest BCUT2D eigenvalue weighted by Gasteiger charge is 2.30. The van der Waals surface area contributed by atoms with Gasteiger partial charge in [0.1, 0.15) is 11.6 Å². The van der Waals surface area contributed by atoms with Crippen molar-refractivity contribution < 1.29 is 4.79 Å². The molecule has 118 valence electrons. The van der Waals surface area contributed by atoms with Gasteiger partial charge in [0.2, 0.25) is 5.91 Å². The molecule has 1 atom stereocenters. The normalized spacial score (nSPS) is 17.8. The summed E-state index contributed by atoms with van der Waals surface area (Å²) in [6.07, 6.45) is 5.35. The summed E-state index contributed by atoms with van der Waals surface area (Å²) in [4.78, 5) is 23.0. The molecule has 1 aliphatic heterocycles. The number of aryl methyl sites for hydroxylation is 1. The smallest absolute Gasteiger partial charge is 0.247 e. The molecular weight excluding hydrogens is 288 g/mol. The first kappa shape index (κ1) is 15.2. The predicted molar refractivity (Wildman–Crippen MR) is 90.3 cm³/mol. The number of carbonyl (C=O) groups excluding carboxylic acids is 1. The lowest BCUT2D eigenvalue weighted by atomic mass is 10.1. The predicted octanol–water partition coefficient (Wildman–Crippen LogP) is 2.74. The second kappa shape index (κ2) is 6.60. The van der Waals surface area contributed by atoms with Gasteiger partial charge in [-0.25, -0.2) is 9.97 Å². The van der Waals surface area contributed by atoms with Crippen LogP contribution in [0.15, 0.2) is 42.5 Å². The van der Waals surface area contributed by atoms with Gasteiger partial charge in [-0.1, -0.05) is 30.3 Å². The highest BCUT2D eigenvalue weighted by atomic mass is 16.2. The van der Waals surface area contributed by atoms with E-state index in [1.54, 1.807) is 12.1 Å². The average Bonchev–Trinajstić information content (AvgIpc) is 3.02. The van der Waals surface area contributed by atoms with Crippen LogP contribution in [0.1, 0.15) is 36.0 Å². The molecule has 5 nitrogen and oxygen atoms in total. The lowest BCUT2D eigenvalue weighted by molar-refractivity contribution is -0.126. The van der Waals surface area contributed by atoms with Gasteiger partial charge in [-0.05, 0) is 31.4 Å². The molecule has 5 heteroatoms. The minimum atomic E-state index is -0.0214. The van der Waals surface area contributed by atoms with Gasteiger partial charge in [-0.15, -0.1) is 0 Å². The molecule has 2 N–H and O–H groups in total. The van der Waals surface area contributed by atoms with Crippen molar-refractivity contribution in [3.8, 4) is 0 Å². The first-order valence-electron chi connectivity index (χ1n) is 7.78. The molecule has 1 aromatic heterocycles. The molecule has 23 heavy (non-hydrogen) atoms. The van der Waals surface area contributed by atoms with Crippen LogP contribution in [0.4, 0.5) is 5.82 Å². The monoisotopic (exact) mass is 308 g/mol. The van der Waals surface area contributed by atoms with E-state index >= 15 is 0 Å². The lowest BCUT2D eigenvalue weighted by Gasteiger charge is -2.23. The molecule has 0 spiro atoms. The van der Waals surface area contributed by atoms with Gasteiger partial charge in [-0.2, -0.15) is 0 Å². The van der Waals surface area contributed by atoms with Gasteiger partial charge in [-0.3, -0.25) is 4.79 Å². The van der Waals surface area contributed by atoms with Gasteiger partial charge in [0.25, 0.3) is 0 Å². The Hall–Kier alpha value is -2.69. The topological polar surface area (TPSA) is 72.1 Å². The molecule has 0 radical (unpaired) electrons. The third-order valence-corrected chi connectivity index (χ3v) is 3.97. The highest BCUT2D eigenvalue weighted by molar-refractivity contribution is 5.92. The number of nitrogens with two attached hydrogens (primary N) is 1. The summed E-state index contributed by atoms with van der Waals surface area (Å²) in [6, 6.07) is 11.6. The number of carbonyl (C=O) groups is 1. The van der Waals surface area contributed by atoms with Crippen LogP contribution >= 0.6 is 0 Å². The van der Waals surface area contributed by atoms with Crippen LogP contribution in [-0.2, 0) is 4.79 Å². The SMILES string of the molecule is Cc1nc(N)cc(C2CCCN2C(=O)/C=C/c2ccccc2)n1. The van der Waals surface area contributed by atoms with Crippen LogP contribution in [0.25, 0.3) is 6.08 Å². The number of hydrogen-bond donors (Lipinski definition) is 1. The van der Waals surface area contributed by atoms with E-state index in [4.69, 9.17) is 5.73 Å². The fraction of sp³-hybridized carbons (Fsp3) is 0.278. The Labute approximate surface area is 135 Å². The van der Waals surface area contributed by atoms with E-state index in [2.05, 4.69) is 9.97 Å². The maximum atomic E-state index is 12.5. The van der Waals surface area contributed by atoms with Crippen LogP contribution in [0, 0.1) is 6.92 Å². The van der Waals surface area contributed by atoms with Crippen LogP contribution in [0.2, 0.25) is 0 Å². The average molecular weight is 308 g/mol. The standard InChI is InChI=1S/C18H20N4O/c1-13-20-15(12-17(19)21-13)16-8-5-11-22(16)18(23)10-9-14-6-3-2-4-7-14/h2-4,6-7,9-10,12,16H,5,8,11H2,1H3,(H2,19,20,21)/b10-9+. The van der Waals surface area contributed by atoms with Crippen molar-refractivity contribution in [3.05, 3.63) is 59.6 Å². The van der Waals surface area contributed by atoms with Crippen molar-refractivity contribution in [1.29, 1.82) is 0 Å². The Balaban J connectivity index is 1.78. The highest BCUT2D eigenvalue weighted by Crippen LogP contribution is 2.31. The number of aromatic nitrogens is 2. The van der Waals surface area contributed by atoms with E-state index < -0.39 is 0 Å². The molecule has 2 aromatic rings. The third-order valence-electron chi connectivity index (χ3n) is 3.97. The zero-order valence-corrected chi connectivity index (χ0v) is 13.1. The molecule has 1 amide bonds. The minimum absolute atomic E-state index is 0.00573. The van der Waals surface area contributed by atoms with Crippen LogP contribution in [-0.4, -0.2) is 27.3 Å². The summed E-state index contributed by atoms with van der Waals surface area (Å²) in [5.74, 6) is 1.09. The largest absolute Gasteiger partial charge is 0.384 e. The molecule has 0 aliphatic carbocycles. The van der Waals surface area contributed by atoms with E-state index in [-0.39, 0.29) is 11.9 Å². The number of likely N-dealkylation sites (tertiary alicyclic amines) is 1. The van der Waals surface area contributed by atoms with E-state index in [1.807, 2.05) is 48.2 Å². The number of benzene rings is 1. The zero-order chi connectivity index (χ0) is 16.2. The Morgan fingerprint density at radius 2 is 2.09 bits per heavy atom. The lowest BCUT2D eigenvalue weighted by Crippen LogP contribution is -2.29. The molecule has 3 rings (SSSR count). The summed E-state index contributed by atoms with van der Waals surface area (Å²) >= 11 is 0. The Kier molecular flexibility index (Phi) is 4.37. The molecule has 1 aliphatic rings. The summed E-state index contributed by atoms with van der Waals surface area (Å²) in [6.45, 7) is 2.56. The quantitative estimate of drug-likeness (QED) is 0.885. The zero-order valence-electron chi connectivity index (χ0n) is 13.1. The second-order valence-corrected chi connectivity index (χ2v) is 5.70. The maximum absolute atomic E-state index is 12.5. The molecule has 1 aromatic carbocycles. The van der Waals surface area contributed by atoms with E-state index in [0.717, 1.165) is 30.6 Å². The van der Waals surface area contributed by atoms with E-state index in [0.29, 0.717) is 11.6 Å². The molecule has 1 unspecified atom stereocenters. The Morgan fingerprint density at radius 3 is 2.83 bits per heavy atom. The molecular formula is C18H20N4O. The van der Waals surface area contributed by atoms with Crippen molar-refractivity contribution in [2.75, 3.05) is 12.3 Å². The van der Waals surface area contributed by atoms with Gasteiger partial charge in [0, 0.05) is 18.7 Å². The summed E-state index contributed by atoms with van der Waals surface area (Å²) in [5.41, 5.74) is 7.66. The van der Waals surface area contributed by atoms with Crippen molar-refractivity contribution in [2.45, 2.75) is 25.8 Å². The summed E-state index contributed by atoms with van der Waals surface area (Å²) in [7, 11) is 0. The van der Waals surface area contributed by atoms with Gasteiger partial charge in [0.05, 0.1) is 11.7 Å². The number of amides is 1. The van der Waals surface area contributed by atoms with Gasteiger partial charge < -0.3 is 10.6 Å². The molecule has 1 saturated heterocycles.